The fourth-order valence-corrected chi connectivity index (χ4v) is 3.51. The average Bonchev–Trinajstić information content (AvgIpc) is 2.63. The van der Waals surface area contributed by atoms with Crippen molar-refractivity contribution in [2.24, 2.45) is 5.41 Å². The van der Waals surface area contributed by atoms with Crippen molar-refractivity contribution in [2.75, 3.05) is 39.8 Å². The summed E-state index contributed by atoms with van der Waals surface area (Å²) < 4.78 is 0. The molecule has 1 saturated carbocycles. The van der Waals surface area contributed by atoms with E-state index >= 15 is 0 Å². The van der Waals surface area contributed by atoms with Crippen LogP contribution in [0.1, 0.15) is 58.3 Å². The second-order valence-electron chi connectivity index (χ2n) is 6.30. The van der Waals surface area contributed by atoms with Gasteiger partial charge in [0.1, 0.15) is 0 Å². The van der Waals surface area contributed by atoms with Gasteiger partial charge in [-0.05, 0) is 38.3 Å². The molecule has 0 saturated heterocycles. The van der Waals surface area contributed by atoms with Gasteiger partial charge in [0.05, 0.1) is 6.61 Å². The SMILES string of the molecule is CCCCN(CCO)CC1(CNC)CCCCCC1. The normalized spacial score (nSPS) is 19.6. The van der Waals surface area contributed by atoms with Gasteiger partial charge in [-0.2, -0.15) is 0 Å². The van der Waals surface area contributed by atoms with Crippen molar-refractivity contribution < 1.29 is 5.11 Å². The number of nitrogens with one attached hydrogen (secondary N) is 1. The smallest absolute Gasteiger partial charge is 0.0558 e. The third-order valence-corrected chi connectivity index (χ3v) is 4.52. The van der Waals surface area contributed by atoms with Crippen molar-refractivity contribution >= 4 is 0 Å². The molecule has 0 heterocycles. The van der Waals surface area contributed by atoms with E-state index in [0.29, 0.717) is 12.0 Å². The zero-order valence-electron chi connectivity index (χ0n) is 13.1. The van der Waals surface area contributed by atoms with Crippen LogP contribution in [0.2, 0.25) is 0 Å². The van der Waals surface area contributed by atoms with E-state index in [9.17, 15) is 5.11 Å². The number of aliphatic hydroxyl groups is 1. The lowest BCUT2D eigenvalue weighted by atomic mass is 9.79. The maximum Gasteiger partial charge on any atom is 0.0558 e. The van der Waals surface area contributed by atoms with E-state index in [1.54, 1.807) is 0 Å². The van der Waals surface area contributed by atoms with Crippen LogP contribution in [0.15, 0.2) is 0 Å². The van der Waals surface area contributed by atoms with Crippen LogP contribution in [0.5, 0.6) is 0 Å². The van der Waals surface area contributed by atoms with Crippen LogP contribution < -0.4 is 5.32 Å². The molecule has 114 valence electrons. The fourth-order valence-electron chi connectivity index (χ4n) is 3.51. The van der Waals surface area contributed by atoms with Crippen LogP contribution in [-0.4, -0.2) is 49.8 Å². The Balaban J connectivity index is 2.61. The Morgan fingerprint density at radius 2 is 1.79 bits per heavy atom. The highest BCUT2D eigenvalue weighted by Gasteiger charge is 2.32. The van der Waals surface area contributed by atoms with Gasteiger partial charge in [0.25, 0.3) is 0 Å². The summed E-state index contributed by atoms with van der Waals surface area (Å²) in [5.41, 5.74) is 0.439. The maximum absolute atomic E-state index is 9.28. The first-order valence-corrected chi connectivity index (χ1v) is 8.24. The first-order chi connectivity index (χ1) is 9.26. The predicted octanol–water partition coefficient (Wildman–Crippen LogP) is 2.64. The van der Waals surface area contributed by atoms with Gasteiger partial charge in [-0.15, -0.1) is 0 Å². The molecule has 0 radical (unpaired) electrons. The van der Waals surface area contributed by atoms with E-state index in [-0.39, 0.29) is 0 Å². The van der Waals surface area contributed by atoms with Crippen molar-refractivity contribution in [3.63, 3.8) is 0 Å². The quantitative estimate of drug-likeness (QED) is 0.632. The van der Waals surface area contributed by atoms with Crippen molar-refractivity contribution in [3.8, 4) is 0 Å². The Morgan fingerprint density at radius 3 is 2.32 bits per heavy atom. The number of aliphatic hydroxyl groups excluding tert-OH is 1. The van der Waals surface area contributed by atoms with Crippen LogP contribution >= 0.6 is 0 Å². The van der Waals surface area contributed by atoms with Gasteiger partial charge in [-0.3, -0.25) is 0 Å². The molecule has 0 aromatic carbocycles. The molecule has 3 nitrogen and oxygen atoms in total. The zero-order valence-corrected chi connectivity index (χ0v) is 13.1. The topological polar surface area (TPSA) is 35.5 Å². The minimum Gasteiger partial charge on any atom is -0.395 e. The number of rotatable bonds is 9. The summed E-state index contributed by atoms with van der Waals surface area (Å²) >= 11 is 0. The van der Waals surface area contributed by atoms with Gasteiger partial charge in [-0.1, -0.05) is 39.0 Å². The molecule has 1 aliphatic carbocycles. The molecule has 1 aliphatic rings. The molecular formula is C16H34N2O. The Bertz CT molecular complexity index is 213. The Labute approximate surface area is 119 Å². The molecule has 0 aromatic heterocycles. The second-order valence-corrected chi connectivity index (χ2v) is 6.30. The largest absolute Gasteiger partial charge is 0.395 e. The van der Waals surface area contributed by atoms with Gasteiger partial charge in [0.15, 0.2) is 0 Å². The monoisotopic (exact) mass is 270 g/mol. The van der Waals surface area contributed by atoms with E-state index < -0.39 is 0 Å². The van der Waals surface area contributed by atoms with Gasteiger partial charge in [-0.25, -0.2) is 0 Å². The third-order valence-electron chi connectivity index (χ3n) is 4.52. The van der Waals surface area contributed by atoms with E-state index in [0.717, 1.165) is 26.2 Å². The van der Waals surface area contributed by atoms with Gasteiger partial charge < -0.3 is 15.3 Å². The third kappa shape index (κ3) is 6.24. The van der Waals surface area contributed by atoms with Crippen molar-refractivity contribution in [1.82, 2.24) is 10.2 Å². The Hall–Kier alpha value is -0.120. The number of unbranched alkanes of at least 4 members (excludes halogenated alkanes) is 1. The molecule has 0 spiro atoms. The van der Waals surface area contributed by atoms with Crippen molar-refractivity contribution in [1.29, 1.82) is 0 Å². The first kappa shape index (κ1) is 16.9. The average molecular weight is 270 g/mol. The molecule has 0 bridgehead atoms. The molecule has 0 atom stereocenters. The minimum atomic E-state index is 0.291. The molecule has 3 heteroatoms. The van der Waals surface area contributed by atoms with E-state index in [4.69, 9.17) is 0 Å². The summed E-state index contributed by atoms with van der Waals surface area (Å²) in [7, 11) is 2.08. The van der Waals surface area contributed by atoms with E-state index in [2.05, 4.69) is 24.2 Å². The summed E-state index contributed by atoms with van der Waals surface area (Å²) in [6.45, 7) is 6.80. The summed E-state index contributed by atoms with van der Waals surface area (Å²) in [6.07, 6.45) is 10.7. The molecule has 0 amide bonds. The molecule has 2 N–H and O–H groups in total. The van der Waals surface area contributed by atoms with Crippen molar-refractivity contribution in [3.05, 3.63) is 0 Å². The molecule has 1 rings (SSSR count). The van der Waals surface area contributed by atoms with E-state index in [1.807, 2.05) is 0 Å². The zero-order chi connectivity index (χ0) is 14.0. The van der Waals surface area contributed by atoms with Crippen molar-refractivity contribution in [2.45, 2.75) is 58.3 Å². The van der Waals surface area contributed by atoms with Crippen LogP contribution in [0.4, 0.5) is 0 Å². The van der Waals surface area contributed by atoms with Crippen LogP contribution in [-0.2, 0) is 0 Å². The highest BCUT2D eigenvalue weighted by atomic mass is 16.3. The van der Waals surface area contributed by atoms with E-state index in [1.165, 1.54) is 51.4 Å². The van der Waals surface area contributed by atoms with Gasteiger partial charge >= 0.3 is 0 Å². The Kier molecular flexibility index (Phi) is 8.67. The lowest BCUT2D eigenvalue weighted by Crippen LogP contribution is -2.44. The molecular weight excluding hydrogens is 236 g/mol. The second kappa shape index (κ2) is 9.73. The van der Waals surface area contributed by atoms with Gasteiger partial charge in [0, 0.05) is 19.6 Å². The lowest BCUT2D eigenvalue weighted by Gasteiger charge is -2.38. The number of nitrogens with zero attached hydrogens (tertiary/aromatic N) is 1. The predicted molar refractivity (Wildman–Crippen MR) is 82.5 cm³/mol. The first-order valence-electron chi connectivity index (χ1n) is 8.24. The molecule has 1 fully saturated rings. The lowest BCUT2D eigenvalue weighted by molar-refractivity contribution is 0.108. The molecule has 19 heavy (non-hydrogen) atoms. The summed E-state index contributed by atoms with van der Waals surface area (Å²) in [4.78, 5) is 2.49. The highest BCUT2D eigenvalue weighted by Crippen LogP contribution is 2.35. The number of hydrogen-bond acceptors (Lipinski definition) is 3. The van der Waals surface area contributed by atoms with Crippen LogP contribution in [0.3, 0.4) is 0 Å². The summed E-state index contributed by atoms with van der Waals surface area (Å²) in [5, 5.41) is 12.7. The summed E-state index contributed by atoms with van der Waals surface area (Å²) in [6, 6.07) is 0. The fraction of sp³-hybridized carbons (Fsp3) is 1.00. The number of hydrogen-bond donors (Lipinski definition) is 2. The minimum absolute atomic E-state index is 0.291. The highest BCUT2D eigenvalue weighted by molar-refractivity contribution is 4.86. The van der Waals surface area contributed by atoms with Crippen LogP contribution in [0, 0.1) is 5.41 Å². The molecule has 0 unspecified atom stereocenters. The molecule has 0 aliphatic heterocycles. The maximum atomic E-state index is 9.28. The molecule has 0 aromatic rings. The Morgan fingerprint density at radius 1 is 1.11 bits per heavy atom. The van der Waals surface area contributed by atoms with Crippen LogP contribution in [0.25, 0.3) is 0 Å². The standard InChI is InChI=1S/C16H34N2O/c1-3-4-11-18(12-13-19)15-16(14-17-2)9-7-5-6-8-10-16/h17,19H,3-15H2,1-2H3. The summed E-state index contributed by atoms with van der Waals surface area (Å²) in [5.74, 6) is 0. The van der Waals surface area contributed by atoms with Gasteiger partial charge in [0.2, 0.25) is 0 Å².